The Morgan fingerprint density at radius 2 is 1.85 bits per heavy atom. The lowest BCUT2D eigenvalue weighted by Crippen LogP contribution is -2.53. The number of aryl methyl sites for hydroxylation is 1. The lowest BCUT2D eigenvalue weighted by Gasteiger charge is -2.27. The highest BCUT2D eigenvalue weighted by molar-refractivity contribution is 6.30. The van der Waals surface area contributed by atoms with Gasteiger partial charge in [0.05, 0.1) is 12.6 Å². The molecule has 0 spiro atoms. The van der Waals surface area contributed by atoms with Gasteiger partial charge in [-0.1, -0.05) is 43.1 Å². The summed E-state index contributed by atoms with van der Waals surface area (Å²) in [5.41, 5.74) is 1.66. The number of likely N-dealkylation sites (N-methyl/N-ethyl adjacent to an activating group) is 1. The number of benzene rings is 2. The van der Waals surface area contributed by atoms with Gasteiger partial charge in [0.2, 0.25) is 17.7 Å². The molecule has 3 amide bonds. The average Bonchev–Trinajstić information content (AvgIpc) is 2.89. The molecule has 0 saturated heterocycles. The van der Waals surface area contributed by atoms with Crippen LogP contribution in [0.25, 0.3) is 0 Å². The van der Waals surface area contributed by atoms with Gasteiger partial charge in [-0.3, -0.25) is 14.4 Å². The predicted octanol–water partition coefficient (Wildman–Crippen LogP) is 3.25. The summed E-state index contributed by atoms with van der Waals surface area (Å²) in [6.45, 7) is 4.37. The molecule has 0 aromatic heterocycles. The van der Waals surface area contributed by atoms with Gasteiger partial charge in [-0.05, 0) is 55.5 Å². The molecule has 1 aliphatic rings. The summed E-state index contributed by atoms with van der Waals surface area (Å²) in [5, 5.41) is 9.53. The van der Waals surface area contributed by atoms with E-state index in [0.717, 1.165) is 17.5 Å². The molecule has 0 bridgehead atoms. The maximum atomic E-state index is 14.0. The minimum absolute atomic E-state index is 0.191. The number of rotatable bonds is 4. The fraction of sp³-hybridized carbons (Fsp3) is 0.483. The number of nitrogens with zero attached hydrogens (tertiary/aromatic N) is 1. The number of halogens is 2. The Labute approximate surface area is 234 Å². The molecule has 39 heavy (non-hydrogen) atoms. The number of hydrogen-bond donors (Lipinski definition) is 3. The quantitative estimate of drug-likeness (QED) is 0.533. The fourth-order valence-electron chi connectivity index (χ4n) is 4.49. The van der Waals surface area contributed by atoms with Crippen molar-refractivity contribution in [2.24, 2.45) is 0 Å². The van der Waals surface area contributed by atoms with Gasteiger partial charge in [0.25, 0.3) is 0 Å². The molecule has 8 nitrogen and oxygen atoms in total. The Balaban J connectivity index is 1.83. The van der Waals surface area contributed by atoms with Gasteiger partial charge in [0, 0.05) is 37.6 Å². The first kappa shape index (κ1) is 30.4. The van der Waals surface area contributed by atoms with Gasteiger partial charge in [-0.25, -0.2) is 4.39 Å². The molecule has 0 unspecified atom stereocenters. The Morgan fingerprint density at radius 1 is 1.10 bits per heavy atom. The molecule has 3 N–H and O–H groups in total. The second kappa shape index (κ2) is 14.8. The zero-order valence-electron chi connectivity index (χ0n) is 22.8. The van der Waals surface area contributed by atoms with Crippen LogP contribution in [0.3, 0.4) is 0 Å². The third-order valence-corrected chi connectivity index (χ3v) is 6.82. The summed E-state index contributed by atoms with van der Waals surface area (Å²) in [7, 11) is 1.57. The average molecular weight is 561 g/mol. The molecule has 0 saturated carbocycles. The summed E-state index contributed by atoms with van der Waals surface area (Å²) in [6, 6.07) is 10.2. The number of carbonyl (C=O) groups excluding carboxylic acids is 3. The highest BCUT2D eigenvalue weighted by Crippen LogP contribution is 2.23. The molecular formula is C29H38ClFN4O4. The Kier molecular flexibility index (Phi) is 11.6. The van der Waals surface area contributed by atoms with Crippen LogP contribution in [0.1, 0.15) is 44.2 Å². The zero-order valence-corrected chi connectivity index (χ0v) is 23.5. The van der Waals surface area contributed by atoms with Crippen LogP contribution in [0.4, 0.5) is 4.39 Å². The standard InChI is InChI=1S/C29H38ClFN4O4/c1-4-6-24-29(38)35(3)18-27(36)34-25(15-20-8-11-22(30)12-9-20)28(37)32-14-5-7-21-10-13-23(31)16-26(21)39-19(2)17-33-24/h8-13,16,19,24-25,33H,4-7,14-15,17-18H2,1-3H3,(H,32,37)(H,34,36)/t19-,24+,25-/m1/s1. The number of fused-ring (bicyclic) bond motifs is 1. The number of hydrogen-bond acceptors (Lipinski definition) is 5. The molecule has 1 aliphatic heterocycles. The SMILES string of the molecule is CCC[C@@H]1NC[C@@H](C)Oc2cc(F)ccc2CCCNC(=O)[C@@H](Cc2ccc(Cl)cc2)NC(=O)CN(C)C1=O. The van der Waals surface area contributed by atoms with Crippen LogP contribution in [-0.2, 0) is 27.2 Å². The molecule has 10 heteroatoms. The van der Waals surface area contributed by atoms with E-state index < -0.39 is 23.8 Å². The van der Waals surface area contributed by atoms with Crippen molar-refractivity contribution in [1.82, 2.24) is 20.9 Å². The van der Waals surface area contributed by atoms with Crippen molar-refractivity contribution in [2.75, 3.05) is 26.7 Å². The van der Waals surface area contributed by atoms with Crippen LogP contribution in [0.15, 0.2) is 42.5 Å². The van der Waals surface area contributed by atoms with Crippen LogP contribution in [0.2, 0.25) is 5.02 Å². The molecule has 3 atom stereocenters. The number of nitrogens with one attached hydrogen (secondary N) is 3. The number of amides is 3. The highest BCUT2D eigenvalue weighted by atomic mass is 35.5. The first-order valence-corrected chi connectivity index (χ1v) is 13.8. The lowest BCUT2D eigenvalue weighted by molar-refractivity contribution is -0.137. The molecule has 212 valence electrons. The summed E-state index contributed by atoms with van der Waals surface area (Å²) in [6.07, 6.45) is 2.42. The fourth-order valence-corrected chi connectivity index (χ4v) is 4.62. The van der Waals surface area contributed by atoms with Gasteiger partial charge in [0.15, 0.2) is 0 Å². The summed E-state index contributed by atoms with van der Waals surface area (Å²) < 4.78 is 20.1. The second-order valence-corrected chi connectivity index (χ2v) is 10.4. The van der Waals surface area contributed by atoms with Crippen molar-refractivity contribution in [3.8, 4) is 5.75 Å². The third kappa shape index (κ3) is 9.51. The van der Waals surface area contributed by atoms with Crippen molar-refractivity contribution < 1.29 is 23.5 Å². The summed E-state index contributed by atoms with van der Waals surface area (Å²) in [5.74, 6) is -0.941. The smallest absolute Gasteiger partial charge is 0.242 e. The van der Waals surface area contributed by atoms with Crippen LogP contribution in [0.5, 0.6) is 5.75 Å². The van der Waals surface area contributed by atoms with Crippen molar-refractivity contribution in [3.05, 3.63) is 64.4 Å². The van der Waals surface area contributed by atoms with Crippen molar-refractivity contribution >= 4 is 29.3 Å². The summed E-state index contributed by atoms with van der Waals surface area (Å²) >= 11 is 6.00. The van der Waals surface area contributed by atoms with Gasteiger partial charge in [-0.2, -0.15) is 0 Å². The molecule has 1 heterocycles. The minimum atomic E-state index is -0.837. The minimum Gasteiger partial charge on any atom is -0.489 e. The normalized spacial score (nSPS) is 22.1. The topological polar surface area (TPSA) is 99.8 Å². The van der Waals surface area contributed by atoms with E-state index in [1.807, 2.05) is 13.8 Å². The van der Waals surface area contributed by atoms with Crippen LogP contribution in [-0.4, -0.2) is 67.5 Å². The molecule has 2 aromatic rings. The van der Waals surface area contributed by atoms with E-state index >= 15 is 0 Å². The van der Waals surface area contributed by atoms with Crippen molar-refractivity contribution in [3.63, 3.8) is 0 Å². The lowest BCUT2D eigenvalue weighted by atomic mass is 10.0. The van der Waals surface area contributed by atoms with E-state index in [1.165, 1.54) is 17.0 Å². The van der Waals surface area contributed by atoms with Crippen molar-refractivity contribution in [1.29, 1.82) is 0 Å². The second-order valence-electron chi connectivity index (χ2n) is 9.97. The van der Waals surface area contributed by atoms with Crippen LogP contribution in [0, 0.1) is 5.82 Å². The molecular weight excluding hydrogens is 523 g/mol. The van der Waals surface area contributed by atoms with Gasteiger partial charge in [0.1, 0.15) is 23.7 Å². The highest BCUT2D eigenvalue weighted by Gasteiger charge is 2.26. The van der Waals surface area contributed by atoms with Gasteiger partial charge < -0.3 is 25.6 Å². The van der Waals surface area contributed by atoms with Crippen LogP contribution >= 0.6 is 11.6 Å². The molecule has 0 radical (unpaired) electrons. The van der Waals surface area contributed by atoms with E-state index in [4.69, 9.17) is 16.3 Å². The van der Waals surface area contributed by atoms with E-state index in [2.05, 4.69) is 16.0 Å². The third-order valence-electron chi connectivity index (χ3n) is 6.57. The van der Waals surface area contributed by atoms with Crippen molar-refractivity contribution in [2.45, 2.75) is 64.1 Å². The number of carbonyl (C=O) groups is 3. The Hall–Kier alpha value is -3.17. The summed E-state index contributed by atoms with van der Waals surface area (Å²) in [4.78, 5) is 40.6. The van der Waals surface area contributed by atoms with E-state index in [0.29, 0.717) is 43.1 Å². The first-order valence-electron chi connectivity index (χ1n) is 13.4. The molecule has 0 fully saturated rings. The van der Waals surface area contributed by atoms with E-state index in [-0.39, 0.29) is 30.9 Å². The maximum Gasteiger partial charge on any atom is 0.242 e. The van der Waals surface area contributed by atoms with Gasteiger partial charge in [-0.15, -0.1) is 0 Å². The van der Waals surface area contributed by atoms with Gasteiger partial charge >= 0.3 is 0 Å². The monoisotopic (exact) mass is 560 g/mol. The van der Waals surface area contributed by atoms with Crippen LogP contribution < -0.4 is 20.7 Å². The Bertz CT molecular complexity index is 1130. The first-order chi connectivity index (χ1) is 18.7. The number of ether oxygens (including phenoxy) is 1. The van der Waals surface area contributed by atoms with E-state index in [9.17, 15) is 18.8 Å². The maximum absolute atomic E-state index is 14.0. The molecule has 2 aromatic carbocycles. The largest absolute Gasteiger partial charge is 0.489 e. The Morgan fingerprint density at radius 3 is 2.56 bits per heavy atom. The molecule has 0 aliphatic carbocycles. The zero-order chi connectivity index (χ0) is 28.4. The predicted molar refractivity (Wildman–Crippen MR) is 149 cm³/mol. The molecule has 3 rings (SSSR count). The van der Waals surface area contributed by atoms with E-state index in [1.54, 1.807) is 37.4 Å².